The lowest BCUT2D eigenvalue weighted by Crippen LogP contribution is -2.23. The summed E-state index contributed by atoms with van der Waals surface area (Å²) in [5.74, 6) is 0. The molecule has 1 aromatic rings. The van der Waals surface area contributed by atoms with E-state index in [2.05, 4.69) is 4.72 Å². The summed E-state index contributed by atoms with van der Waals surface area (Å²) in [6, 6.07) is 9.27. The highest BCUT2D eigenvalue weighted by Gasteiger charge is 2.06. The van der Waals surface area contributed by atoms with Crippen LogP contribution in [0.4, 0.5) is 0 Å². The molecule has 3 nitrogen and oxygen atoms in total. The molecule has 1 rings (SSSR count). The van der Waals surface area contributed by atoms with Gasteiger partial charge in [0.15, 0.2) is 0 Å². The monoisotopic (exact) mass is 219 g/mol. The van der Waals surface area contributed by atoms with Crippen molar-refractivity contribution < 1.29 is 8.42 Å². The van der Waals surface area contributed by atoms with Crippen LogP contribution < -0.4 is 4.72 Å². The smallest absolute Gasteiger partial charge is 0.211 e. The largest absolute Gasteiger partial charge is 0.225 e. The number of rotatable bonds is 4. The van der Waals surface area contributed by atoms with Gasteiger partial charge in [0.25, 0.3) is 0 Å². The predicted octanol–water partition coefficient (Wildman–Crippen LogP) is 1.30. The number of hydrogen-bond donors (Lipinski definition) is 1. The maximum Gasteiger partial charge on any atom is 0.225 e. The first-order valence-electron chi connectivity index (χ1n) is 3.71. The zero-order chi connectivity index (χ0) is 9.73. The van der Waals surface area contributed by atoms with Gasteiger partial charge < -0.3 is 0 Å². The lowest BCUT2D eigenvalue weighted by Gasteiger charge is -2.02. The molecule has 0 bridgehead atoms. The van der Waals surface area contributed by atoms with E-state index >= 15 is 0 Å². The minimum absolute atomic E-state index is 0.288. The Balaban J connectivity index is 2.54. The van der Waals surface area contributed by atoms with Gasteiger partial charge in [0.2, 0.25) is 10.0 Å². The highest BCUT2D eigenvalue weighted by Crippen LogP contribution is 1.99. The molecule has 0 aliphatic carbocycles. The number of halogens is 1. The molecule has 0 aliphatic rings. The van der Waals surface area contributed by atoms with Gasteiger partial charge in [-0.2, -0.15) is 0 Å². The lowest BCUT2D eigenvalue weighted by atomic mass is 10.2. The van der Waals surface area contributed by atoms with E-state index in [1.54, 1.807) is 0 Å². The van der Waals surface area contributed by atoms with Gasteiger partial charge in [0, 0.05) is 6.54 Å². The van der Waals surface area contributed by atoms with Crippen LogP contribution in [0.5, 0.6) is 0 Å². The van der Waals surface area contributed by atoms with E-state index in [1.807, 2.05) is 30.3 Å². The van der Waals surface area contributed by atoms with E-state index < -0.39 is 15.2 Å². The molecule has 0 aromatic heterocycles. The van der Waals surface area contributed by atoms with Crippen LogP contribution in [-0.4, -0.2) is 13.6 Å². The molecule has 1 aromatic carbocycles. The number of benzene rings is 1. The SMILES string of the molecule is O=S(=O)(CCl)NCc1ccccc1. The van der Waals surface area contributed by atoms with Crippen molar-refractivity contribution in [2.75, 3.05) is 5.21 Å². The van der Waals surface area contributed by atoms with E-state index in [0.717, 1.165) is 5.56 Å². The summed E-state index contributed by atoms with van der Waals surface area (Å²) in [5, 5.41) is -0.403. The van der Waals surface area contributed by atoms with Crippen LogP contribution >= 0.6 is 11.6 Å². The molecule has 1 N–H and O–H groups in total. The Labute approximate surface area is 82.8 Å². The average Bonchev–Trinajstić information content (AvgIpc) is 2.17. The summed E-state index contributed by atoms with van der Waals surface area (Å²) in [4.78, 5) is 0. The topological polar surface area (TPSA) is 46.2 Å². The second-order valence-electron chi connectivity index (χ2n) is 2.53. The molecular formula is C8H10ClNO2S. The molecule has 0 unspecified atom stereocenters. The van der Waals surface area contributed by atoms with Crippen molar-refractivity contribution in [1.82, 2.24) is 4.72 Å². The van der Waals surface area contributed by atoms with E-state index in [9.17, 15) is 8.42 Å². The van der Waals surface area contributed by atoms with Gasteiger partial charge in [-0.05, 0) is 5.56 Å². The van der Waals surface area contributed by atoms with E-state index in [4.69, 9.17) is 11.6 Å². The van der Waals surface area contributed by atoms with Crippen LogP contribution in [0.25, 0.3) is 0 Å². The van der Waals surface area contributed by atoms with Crippen LogP contribution in [0.1, 0.15) is 5.56 Å². The van der Waals surface area contributed by atoms with Crippen molar-refractivity contribution in [3.63, 3.8) is 0 Å². The highest BCUT2D eigenvalue weighted by molar-refractivity contribution is 7.90. The summed E-state index contributed by atoms with van der Waals surface area (Å²) in [6.07, 6.45) is 0. The third-order valence-corrected chi connectivity index (χ3v) is 3.22. The van der Waals surface area contributed by atoms with E-state index in [1.165, 1.54) is 0 Å². The Hall–Kier alpha value is -0.580. The summed E-state index contributed by atoms with van der Waals surface area (Å²) in [6.45, 7) is 0.288. The Morgan fingerprint density at radius 3 is 2.38 bits per heavy atom. The second kappa shape index (κ2) is 4.60. The fourth-order valence-electron chi connectivity index (χ4n) is 0.828. The number of sulfonamides is 1. The highest BCUT2D eigenvalue weighted by atomic mass is 35.5. The van der Waals surface area contributed by atoms with Gasteiger partial charge in [0.1, 0.15) is 5.21 Å². The van der Waals surface area contributed by atoms with Crippen molar-refractivity contribution in [1.29, 1.82) is 0 Å². The summed E-state index contributed by atoms with van der Waals surface area (Å²) >= 11 is 5.21. The molecule has 72 valence electrons. The molecule has 0 saturated heterocycles. The standard InChI is InChI=1S/C8H10ClNO2S/c9-7-13(11,12)10-6-8-4-2-1-3-5-8/h1-5,10H,6-7H2. The van der Waals surface area contributed by atoms with Gasteiger partial charge in [-0.3, -0.25) is 0 Å². The first-order chi connectivity index (χ1) is 6.14. The molecule has 0 aliphatic heterocycles. The second-order valence-corrected chi connectivity index (χ2v) is 4.92. The van der Waals surface area contributed by atoms with Crippen LogP contribution in [0.3, 0.4) is 0 Å². The summed E-state index contributed by atoms with van der Waals surface area (Å²) in [5.41, 5.74) is 0.913. The summed E-state index contributed by atoms with van der Waals surface area (Å²) in [7, 11) is -3.30. The van der Waals surface area contributed by atoms with E-state index in [-0.39, 0.29) is 6.54 Å². The minimum atomic E-state index is -3.30. The Morgan fingerprint density at radius 2 is 1.85 bits per heavy atom. The van der Waals surface area contributed by atoms with Crippen LogP contribution in [-0.2, 0) is 16.6 Å². The first kappa shape index (κ1) is 10.5. The minimum Gasteiger partial charge on any atom is -0.211 e. The van der Waals surface area contributed by atoms with Gasteiger partial charge >= 0.3 is 0 Å². The van der Waals surface area contributed by atoms with Crippen molar-refractivity contribution in [2.45, 2.75) is 6.54 Å². The zero-order valence-electron chi connectivity index (χ0n) is 6.90. The molecule has 13 heavy (non-hydrogen) atoms. The Bertz CT molecular complexity index is 350. The average molecular weight is 220 g/mol. The normalized spacial score (nSPS) is 11.5. The van der Waals surface area contributed by atoms with Crippen molar-refractivity contribution in [2.24, 2.45) is 0 Å². The first-order valence-corrected chi connectivity index (χ1v) is 5.90. The van der Waals surface area contributed by atoms with E-state index in [0.29, 0.717) is 0 Å². The maximum atomic E-state index is 10.9. The van der Waals surface area contributed by atoms with Gasteiger partial charge in [-0.1, -0.05) is 30.3 Å². The lowest BCUT2D eigenvalue weighted by molar-refractivity contribution is 0.586. The molecule has 0 atom stereocenters. The fourth-order valence-corrected chi connectivity index (χ4v) is 1.52. The molecule has 0 saturated carbocycles. The number of nitrogens with one attached hydrogen (secondary N) is 1. The Kier molecular flexibility index (Phi) is 3.71. The van der Waals surface area contributed by atoms with Crippen molar-refractivity contribution in [3.8, 4) is 0 Å². The molecule has 0 spiro atoms. The molecule has 0 amide bonds. The van der Waals surface area contributed by atoms with Crippen LogP contribution in [0.2, 0.25) is 0 Å². The molecule has 0 heterocycles. The predicted molar refractivity (Wildman–Crippen MR) is 52.9 cm³/mol. The van der Waals surface area contributed by atoms with Crippen LogP contribution in [0, 0.1) is 0 Å². The van der Waals surface area contributed by atoms with Gasteiger partial charge in [-0.25, -0.2) is 13.1 Å². The quantitative estimate of drug-likeness (QED) is 0.776. The van der Waals surface area contributed by atoms with Crippen molar-refractivity contribution >= 4 is 21.6 Å². The maximum absolute atomic E-state index is 10.9. The molecule has 0 fully saturated rings. The molecule has 5 heteroatoms. The number of hydrogen-bond acceptors (Lipinski definition) is 2. The Morgan fingerprint density at radius 1 is 1.23 bits per heavy atom. The molecule has 0 radical (unpaired) electrons. The van der Waals surface area contributed by atoms with Crippen molar-refractivity contribution in [3.05, 3.63) is 35.9 Å². The molecular weight excluding hydrogens is 210 g/mol. The van der Waals surface area contributed by atoms with Crippen LogP contribution in [0.15, 0.2) is 30.3 Å². The third kappa shape index (κ3) is 3.76. The zero-order valence-corrected chi connectivity index (χ0v) is 8.48. The van der Waals surface area contributed by atoms with Gasteiger partial charge in [-0.15, -0.1) is 11.6 Å². The number of alkyl halides is 1. The summed E-state index contributed by atoms with van der Waals surface area (Å²) < 4.78 is 24.2. The van der Waals surface area contributed by atoms with Gasteiger partial charge in [0.05, 0.1) is 0 Å². The fraction of sp³-hybridized carbons (Fsp3) is 0.250. The third-order valence-electron chi connectivity index (χ3n) is 1.48.